The van der Waals surface area contributed by atoms with Gasteiger partial charge in [0, 0.05) is 0 Å². The Kier molecular flexibility index (Phi) is 4.38. The smallest absolute Gasteiger partial charge is 0.281 e. The van der Waals surface area contributed by atoms with Gasteiger partial charge in [0.25, 0.3) is 5.91 Å². The zero-order valence-corrected chi connectivity index (χ0v) is 8.27. The van der Waals surface area contributed by atoms with E-state index in [1.165, 1.54) is 0 Å². The molecule has 0 aromatic rings. The summed E-state index contributed by atoms with van der Waals surface area (Å²) in [6.07, 6.45) is 0. The number of hydrogen-bond acceptors (Lipinski definition) is 2. The molecule has 0 saturated heterocycles. The molecule has 0 aromatic heterocycles. The summed E-state index contributed by atoms with van der Waals surface area (Å²) in [5, 5.41) is 1.70. The van der Waals surface area contributed by atoms with Gasteiger partial charge >= 0.3 is 6.00 Å². The maximum atomic E-state index is 10.4. The van der Waals surface area contributed by atoms with Crippen molar-refractivity contribution in [3.8, 4) is 0 Å². The molecule has 0 aliphatic heterocycles. The number of amides is 1. The van der Waals surface area contributed by atoms with Gasteiger partial charge in [-0.1, -0.05) is 23.2 Å². The number of hydrogen-bond donors (Lipinski definition) is 1. The Bertz CT molecular complexity index is 176. The molecule has 0 atom stereocenters. The summed E-state index contributed by atoms with van der Waals surface area (Å²) in [6, 6.07) is 0. The van der Waals surface area contributed by atoms with Gasteiger partial charge in [0.05, 0.1) is 0 Å². The van der Waals surface area contributed by atoms with Gasteiger partial charge in [0.1, 0.15) is 0 Å². The molecule has 10 heavy (non-hydrogen) atoms. The summed E-state index contributed by atoms with van der Waals surface area (Å²) in [5.74, 6) is -4.48. The van der Waals surface area contributed by atoms with Crippen molar-refractivity contribution in [2.24, 2.45) is 0 Å². The summed E-state index contributed by atoms with van der Waals surface area (Å²) in [4.78, 5) is 9.13. The lowest BCUT2D eigenvalue weighted by molar-refractivity contribution is -0.117. The quantitative estimate of drug-likeness (QED) is 0.599. The predicted molar refractivity (Wildman–Crippen MR) is 42.9 cm³/mol. The van der Waals surface area contributed by atoms with Gasteiger partial charge in [-0.05, 0) is 22.5 Å². The minimum absolute atomic E-state index is 0.878. The Hall–Kier alpha value is 0.860. The number of rotatable bonds is 2. The Morgan fingerprint density at radius 2 is 1.80 bits per heavy atom. The van der Waals surface area contributed by atoms with Crippen LogP contribution in [-0.4, -0.2) is 10.7 Å². The maximum absolute atomic E-state index is 10.4. The summed E-state index contributed by atoms with van der Waals surface area (Å²) < 4.78 is 10.4. The Morgan fingerprint density at radius 1 is 1.40 bits per heavy atom. The molecule has 0 aliphatic carbocycles. The largest absolute Gasteiger partial charge is 0.345 e. The van der Waals surface area contributed by atoms with Crippen LogP contribution in [0.1, 0.15) is 0 Å². The second-order valence-electron chi connectivity index (χ2n) is 1.24. The molecule has 0 fully saturated rings. The van der Waals surface area contributed by atoms with Crippen molar-refractivity contribution >= 4 is 57.6 Å². The van der Waals surface area contributed by atoms with Gasteiger partial charge < -0.3 is 0 Å². The normalized spacial score (nSPS) is 11.7. The van der Waals surface area contributed by atoms with E-state index in [4.69, 9.17) is 45.7 Å². The van der Waals surface area contributed by atoms with E-state index in [0.717, 1.165) is 0 Å². The molecule has 0 spiro atoms. The summed E-state index contributed by atoms with van der Waals surface area (Å²) >= 11 is 20.0. The van der Waals surface area contributed by atoms with Crippen molar-refractivity contribution < 1.29 is 9.36 Å². The molecule has 1 N–H and O–H groups in total. The Balaban J connectivity index is 3.94. The minimum atomic E-state index is -3.60. The molecule has 3 nitrogen and oxygen atoms in total. The van der Waals surface area contributed by atoms with E-state index in [1.807, 2.05) is 0 Å². The summed E-state index contributed by atoms with van der Waals surface area (Å²) in [7, 11) is 0. The highest BCUT2D eigenvalue weighted by Gasteiger charge is 2.21. The van der Waals surface area contributed by atoms with Gasteiger partial charge in [-0.15, -0.1) is 0 Å². The lowest BCUT2D eigenvalue weighted by Gasteiger charge is -2.03. The standard InChI is InChI=1S/C2H2Cl4NO2P/c3-1(4)2(8)7-10(5,6)9/h1H,(H,7,8,9). The van der Waals surface area contributed by atoms with E-state index in [9.17, 15) is 9.36 Å². The third kappa shape index (κ3) is 5.63. The van der Waals surface area contributed by atoms with E-state index in [0.29, 0.717) is 0 Å². The molecular weight excluding hydrogens is 243 g/mol. The van der Waals surface area contributed by atoms with E-state index in [2.05, 4.69) is 0 Å². The van der Waals surface area contributed by atoms with Crippen LogP contribution in [0.25, 0.3) is 0 Å². The topological polar surface area (TPSA) is 46.2 Å². The molecule has 0 heterocycles. The average Bonchev–Trinajstić information content (AvgIpc) is 1.60. The van der Waals surface area contributed by atoms with E-state index in [1.54, 1.807) is 5.09 Å². The molecule has 8 heteroatoms. The van der Waals surface area contributed by atoms with Crippen LogP contribution in [0.4, 0.5) is 0 Å². The van der Waals surface area contributed by atoms with Crippen LogP contribution >= 0.6 is 51.7 Å². The molecule has 0 aliphatic rings. The fourth-order valence-electron chi connectivity index (χ4n) is 0.177. The molecule has 0 unspecified atom stereocenters. The highest BCUT2D eigenvalue weighted by Crippen LogP contribution is 2.52. The zero-order valence-electron chi connectivity index (χ0n) is 4.35. The van der Waals surface area contributed by atoms with Crippen LogP contribution in [0.3, 0.4) is 0 Å². The highest BCUT2D eigenvalue weighted by atomic mass is 35.9. The molecular formula is C2H2Cl4NO2P. The highest BCUT2D eigenvalue weighted by molar-refractivity contribution is 8.07. The fourth-order valence-corrected chi connectivity index (χ4v) is 1.32. The van der Waals surface area contributed by atoms with Crippen LogP contribution in [-0.2, 0) is 9.36 Å². The molecule has 0 rings (SSSR count). The van der Waals surface area contributed by atoms with Crippen molar-refractivity contribution in [3.63, 3.8) is 0 Å². The predicted octanol–water partition coefficient (Wildman–Crippen LogP) is 2.49. The number of alkyl halides is 2. The molecule has 1 amide bonds. The zero-order chi connectivity index (χ0) is 8.36. The number of halogens is 4. The van der Waals surface area contributed by atoms with E-state index >= 15 is 0 Å². The lowest BCUT2D eigenvalue weighted by atomic mass is 10.8. The Labute approximate surface area is 77.0 Å². The van der Waals surface area contributed by atoms with E-state index in [-0.39, 0.29) is 0 Å². The second-order valence-corrected chi connectivity index (χ2v) is 6.86. The third-order valence-corrected chi connectivity index (χ3v) is 1.82. The number of carbonyl (C=O) groups is 1. The van der Waals surface area contributed by atoms with Crippen molar-refractivity contribution in [1.82, 2.24) is 5.09 Å². The lowest BCUT2D eigenvalue weighted by Crippen LogP contribution is -2.22. The van der Waals surface area contributed by atoms with Gasteiger partial charge in [0.15, 0.2) is 4.84 Å². The van der Waals surface area contributed by atoms with E-state index < -0.39 is 16.7 Å². The second kappa shape index (κ2) is 4.03. The first-order chi connectivity index (χ1) is 4.33. The monoisotopic (exact) mass is 243 g/mol. The first-order valence-electron chi connectivity index (χ1n) is 1.92. The molecule has 0 radical (unpaired) electrons. The van der Waals surface area contributed by atoms with Crippen molar-refractivity contribution in [1.29, 1.82) is 0 Å². The van der Waals surface area contributed by atoms with Crippen LogP contribution < -0.4 is 5.09 Å². The average molecular weight is 245 g/mol. The number of nitrogens with one attached hydrogen (secondary N) is 1. The van der Waals surface area contributed by atoms with Crippen LogP contribution in [0.5, 0.6) is 0 Å². The first-order valence-corrected chi connectivity index (χ1v) is 6.31. The van der Waals surface area contributed by atoms with Gasteiger partial charge in [-0.2, -0.15) is 0 Å². The van der Waals surface area contributed by atoms with Crippen LogP contribution in [0.15, 0.2) is 0 Å². The van der Waals surface area contributed by atoms with Gasteiger partial charge in [0.2, 0.25) is 0 Å². The van der Waals surface area contributed by atoms with Crippen molar-refractivity contribution in [3.05, 3.63) is 0 Å². The molecule has 60 valence electrons. The maximum Gasteiger partial charge on any atom is 0.345 e. The van der Waals surface area contributed by atoms with Crippen molar-refractivity contribution in [2.75, 3.05) is 0 Å². The van der Waals surface area contributed by atoms with Gasteiger partial charge in [-0.3, -0.25) is 14.4 Å². The molecule has 0 aromatic carbocycles. The molecule has 0 saturated carbocycles. The SMILES string of the molecule is O=C(NP(=O)(Cl)Cl)C(Cl)Cl. The van der Waals surface area contributed by atoms with Crippen LogP contribution in [0.2, 0.25) is 0 Å². The fraction of sp³-hybridized carbons (Fsp3) is 0.500. The number of carbonyl (C=O) groups excluding carboxylic acids is 1. The minimum Gasteiger partial charge on any atom is -0.281 e. The van der Waals surface area contributed by atoms with Gasteiger partial charge in [-0.25, -0.2) is 0 Å². The third-order valence-electron chi connectivity index (χ3n) is 0.439. The summed E-state index contributed by atoms with van der Waals surface area (Å²) in [6.45, 7) is 0. The summed E-state index contributed by atoms with van der Waals surface area (Å²) in [5.41, 5.74) is 0. The van der Waals surface area contributed by atoms with Crippen molar-refractivity contribution in [2.45, 2.75) is 4.84 Å². The Morgan fingerprint density at radius 3 is 1.90 bits per heavy atom. The molecule has 0 bridgehead atoms. The first kappa shape index (κ1) is 10.9. The van der Waals surface area contributed by atoms with Crippen LogP contribution in [0, 0.1) is 0 Å².